The summed E-state index contributed by atoms with van der Waals surface area (Å²) in [5, 5.41) is 5.45. The fourth-order valence-electron chi connectivity index (χ4n) is 3.03. The van der Waals surface area contributed by atoms with Crippen LogP contribution in [0.2, 0.25) is 10.0 Å². The third kappa shape index (κ3) is 6.83. The second-order valence-corrected chi connectivity index (χ2v) is 9.86. The van der Waals surface area contributed by atoms with Gasteiger partial charge in [-0.1, -0.05) is 23.2 Å². The molecule has 0 aliphatic carbocycles. The van der Waals surface area contributed by atoms with Gasteiger partial charge in [-0.25, -0.2) is 12.7 Å². The molecule has 12 heteroatoms. The van der Waals surface area contributed by atoms with Gasteiger partial charge in [0, 0.05) is 31.2 Å². The molecule has 0 aromatic heterocycles. The summed E-state index contributed by atoms with van der Waals surface area (Å²) in [5.41, 5.74) is 0.187. The molecule has 0 bridgehead atoms. The highest BCUT2D eigenvalue weighted by atomic mass is 35.5. The lowest BCUT2D eigenvalue weighted by molar-refractivity contribution is -0.133. The first-order chi connectivity index (χ1) is 14.0. The number of hydrogen-bond acceptors (Lipinski definition) is 5. The van der Waals surface area contributed by atoms with Gasteiger partial charge in [0.05, 0.1) is 29.9 Å². The molecule has 1 aliphatic heterocycles. The number of benzene rings is 1. The second kappa shape index (κ2) is 10.4. The fraction of sp³-hybridized carbons (Fsp3) is 0.500. The van der Waals surface area contributed by atoms with Crippen LogP contribution in [0.5, 0.6) is 0 Å². The molecule has 1 fully saturated rings. The molecule has 166 valence electrons. The summed E-state index contributed by atoms with van der Waals surface area (Å²) in [6, 6.07) is 4.24. The number of nitrogens with one attached hydrogen (secondary N) is 2. The molecule has 0 radical (unpaired) electrons. The van der Waals surface area contributed by atoms with Gasteiger partial charge in [-0.3, -0.25) is 14.4 Å². The van der Waals surface area contributed by atoms with Crippen molar-refractivity contribution < 1.29 is 22.8 Å². The van der Waals surface area contributed by atoms with Crippen LogP contribution in [-0.2, 0) is 19.6 Å². The molecular formula is C18H24Cl2N4O5S. The number of piperidine rings is 1. The molecule has 0 atom stereocenters. The highest BCUT2D eigenvalue weighted by molar-refractivity contribution is 7.88. The smallest absolute Gasteiger partial charge is 0.253 e. The summed E-state index contributed by atoms with van der Waals surface area (Å²) >= 11 is 11.7. The molecule has 30 heavy (non-hydrogen) atoms. The van der Waals surface area contributed by atoms with Crippen molar-refractivity contribution in [1.82, 2.24) is 19.8 Å². The molecule has 1 heterocycles. The number of rotatable bonds is 7. The minimum atomic E-state index is -3.28. The molecule has 9 nitrogen and oxygen atoms in total. The average molecular weight is 479 g/mol. The Balaban J connectivity index is 1.73. The number of amides is 3. The second-order valence-electron chi connectivity index (χ2n) is 6.97. The Morgan fingerprint density at radius 3 is 2.33 bits per heavy atom. The van der Waals surface area contributed by atoms with Crippen molar-refractivity contribution in [3.05, 3.63) is 33.8 Å². The van der Waals surface area contributed by atoms with Crippen molar-refractivity contribution in [2.24, 2.45) is 0 Å². The van der Waals surface area contributed by atoms with E-state index in [-0.39, 0.29) is 35.6 Å². The number of nitrogens with zero attached hydrogens (tertiary/aromatic N) is 2. The average Bonchev–Trinajstić information content (AvgIpc) is 2.69. The van der Waals surface area contributed by atoms with Gasteiger partial charge in [0.15, 0.2) is 0 Å². The van der Waals surface area contributed by atoms with Crippen LogP contribution in [0.25, 0.3) is 0 Å². The Morgan fingerprint density at radius 2 is 1.77 bits per heavy atom. The van der Waals surface area contributed by atoms with Gasteiger partial charge >= 0.3 is 0 Å². The van der Waals surface area contributed by atoms with Gasteiger partial charge in [-0.15, -0.1) is 0 Å². The van der Waals surface area contributed by atoms with Gasteiger partial charge in [0.2, 0.25) is 21.8 Å². The van der Waals surface area contributed by atoms with Gasteiger partial charge in [-0.05, 0) is 31.0 Å². The lowest BCUT2D eigenvalue weighted by atomic mass is 10.1. The van der Waals surface area contributed by atoms with E-state index in [4.69, 9.17) is 23.2 Å². The number of likely N-dealkylation sites (tertiary alicyclic amines) is 1. The van der Waals surface area contributed by atoms with E-state index in [0.29, 0.717) is 31.0 Å². The number of halogens is 2. The summed E-state index contributed by atoms with van der Waals surface area (Å²) in [4.78, 5) is 37.9. The van der Waals surface area contributed by atoms with E-state index in [1.165, 1.54) is 29.6 Å². The Morgan fingerprint density at radius 1 is 1.13 bits per heavy atom. The molecule has 2 N–H and O–H groups in total. The minimum absolute atomic E-state index is 0.145. The van der Waals surface area contributed by atoms with Crippen molar-refractivity contribution in [1.29, 1.82) is 0 Å². The maximum absolute atomic E-state index is 12.3. The maximum atomic E-state index is 12.3. The number of sulfonamides is 1. The highest BCUT2D eigenvalue weighted by Crippen LogP contribution is 2.20. The van der Waals surface area contributed by atoms with Crippen LogP contribution in [0.3, 0.4) is 0 Å². The predicted molar refractivity (Wildman–Crippen MR) is 114 cm³/mol. The Labute approximate surface area is 185 Å². The summed E-state index contributed by atoms with van der Waals surface area (Å²) in [5.74, 6) is -1.32. The highest BCUT2D eigenvalue weighted by Gasteiger charge is 2.29. The van der Waals surface area contributed by atoms with E-state index in [1.807, 2.05) is 0 Å². The molecule has 1 saturated heterocycles. The van der Waals surface area contributed by atoms with Crippen molar-refractivity contribution in [2.75, 3.05) is 39.5 Å². The van der Waals surface area contributed by atoms with Crippen LogP contribution in [0.1, 0.15) is 23.2 Å². The summed E-state index contributed by atoms with van der Waals surface area (Å²) in [6.07, 6.45) is 2.21. The topological polar surface area (TPSA) is 116 Å². The molecule has 0 saturated carbocycles. The Hall–Kier alpha value is -1.88. The molecule has 1 aliphatic rings. The van der Waals surface area contributed by atoms with Gasteiger partial charge in [0.1, 0.15) is 0 Å². The van der Waals surface area contributed by atoms with Crippen LogP contribution in [0.15, 0.2) is 18.2 Å². The van der Waals surface area contributed by atoms with E-state index < -0.39 is 21.8 Å². The Kier molecular flexibility index (Phi) is 8.48. The molecule has 0 unspecified atom stereocenters. The SMILES string of the molecule is CN(C1CCN(C(=O)CNC(=O)CNC(=O)c2ccc(Cl)cc2Cl)CC1)S(C)(=O)=O. The van der Waals surface area contributed by atoms with Crippen LogP contribution in [-0.4, -0.2) is 80.9 Å². The zero-order valence-corrected chi connectivity index (χ0v) is 19.0. The molecule has 1 aromatic rings. The van der Waals surface area contributed by atoms with E-state index in [0.717, 1.165) is 6.26 Å². The number of carbonyl (C=O) groups excluding carboxylic acids is 3. The van der Waals surface area contributed by atoms with Crippen molar-refractivity contribution >= 4 is 50.9 Å². The molecule has 3 amide bonds. The first-order valence-electron chi connectivity index (χ1n) is 9.19. The first-order valence-corrected chi connectivity index (χ1v) is 11.8. The molecule has 0 spiro atoms. The van der Waals surface area contributed by atoms with E-state index in [9.17, 15) is 22.8 Å². The Bertz CT molecular complexity index is 917. The summed E-state index contributed by atoms with van der Waals surface area (Å²) in [7, 11) is -1.75. The third-order valence-corrected chi connectivity index (χ3v) is 6.77. The molecule has 2 rings (SSSR count). The molecule has 1 aromatic carbocycles. The minimum Gasteiger partial charge on any atom is -0.345 e. The number of carbonyl (C=O) groups is 3. The molecular weight excluding hydrogens is 455 g/mol. The zero-order chi connectivity index (χ0) is 22.5. The van der Waals surface area contributed by atoms with Gasteiger partial charge in [-0.2, -0.15) is 0 Å². The predicted octanol–water partition coefficient (Wildman–Crippen LogP) is 0.722. The van der Waals surface area contributed by atoms with E-state index in [1.54, 1.807) is 4.90 Å². The van der Waals surface area contributed by atoms with Crippen LogP contribution in [0, 0.1) is 0 Å². The summed E-state index contributed by atoms with van der Waals surface area (Å²) in [6.45, 7) is 0.297. The summed E-state index contributed by atoms with van der Waals surface area (Å²) < 4.78 is 24.5. The lowest BCUT2D eigenvalue weighted by Gasteiger charge is -2.35. The van der Waals surface area contributed by atoms with Gasteiger partial charge < -0.3 is 15.5 Å². The third-order valence-electron chi connectivity index (χ3n) is 4.88. The van der Waals surface area contributed by atoms with Crippen LogP contribution < -0.4 is 10.6 Å². The maximum Gasteiger partial charge on any atom is 0.253 e. The fourth-order valence-corrected chi connectivity index (χ4v) is 4.27. The standard InChI is InChI=1S/C18H24Cl2N4O5S/c1-23(30(2,28)29)13-5-7-24(8-6-13)17(26)11-21-16(25)10-22-18(27)14-4-3-12(19)9-15(14)20/h3-4,9,13H,5-8,10-11H2,1-2H3,(H,21,25)(H,22,27). The van der Waals surface area contributed by atoms with E-state index in [2.05, 4.69) is 10.6 Å². The van der Waals surface area contributed by atoms with E-state index >= 15 is 0 Å². The number of hydrogen-bond donors (Lipinski definition) is 2. The van der Waals surface area contributed by atoms with Gasteiger partial charge in [0.25, 0.3) is 5.91 Å². The first kappa shape index (κ1) is 24.4. The van der Waals surface area contributed by atoms with Crippen LogP contribution in [0.4, 0.5) is 0 Å². The zero-order valence-electron chi connectivity index (χ0n) is 16.7. The monoisotopic (exact) mass is 478 g/mol. The van der Waals surface area contributed by atoms with Crippen molar-refractivity contribution in [3.63, 3.8) is 0 Å². The normalized spacial score (nSPS) is 15.2. The van der Waals surface area contributed by atoms with Crippen molar-refractivity contribution in [2.45, 2.75) is 18.9 Å². The quantitative estimate of drug-likeness (QED) is 0.598. The van der Waals surface area contributed by atoms with Crippen LogP contribution >= 0.6 is 23.2 Å². The van der Waals surface area contributed by atoms with Crippen molar-refractivity contribution in [3.8, 4) is 0 Å². The lowest BCUT2D eigenvalue weighted by Crippen LogP contribution is -2.49. The largest absolute Gasteiger partial charge is 0.345 e.